The van der Waals surface area contributed by atoms with Crippen LogP contribution in [0.1, 0.15) is 20.8 Å². The van der Waals surface area contributed by atoms with E-state index in [2.05, 4.69) is 44.7 Å². The van der Waals surface area contributed by atoms with Gasteiger partial charge in [-0.05, 0) is 25.9 Å². The van der Waals surface area contributed by atoms with Crippen LogP contribution in [0.4, 0.5) is 0 Å². The average Bonchev–Trinajstić information content (AvgIpc) is 2.68. The van der Waals surface area contributed by atoms with Crippen molar-refractivity contribution in [3.63, 3.8) is 0 Å². The molecule has 0 saturated carbocycles. The maximum absolute atomic E-state index is 6.11. The molecule has 4 nitrogen and oxygen atoms in total. The molecule has 3 unspecified atom stereocenters. The van der Waals surface area contributed by atoms with E-state index < -0.39 is 0 Å². The number of rotatable bonds is 6. The van der Waals surface area contributed by atoms with E-state index in [1.165, 1.54) is 0 Å². The van der Waals surface area contributed by atoms with Gasteiger partial charge in [-0.15, -0.1) is 0 Å². The highest BCUT2D eigenvalue weighted by Crippen LogP contribution is 2.32. The van der Waals surface area contributed by atoms with E-state index in [0.717, 1.165) is 13.1 Å². The molecule has 1 saturated heterocycles. The van der Waals surface area contributed by atoms with Crippen LogP contribution in [0.5, 0.6) is 0 Å². The number of likely N-dealkylation sites (tertiary alicyclic amines) is 1. The minimum atomic E-state index is -0.0201. The fraction of sp³-hybridized carbons (Fsp3) is 1.00. The largest absolute Gasteiger partial charge is 0.383 e. The third kappa shape index (κ3) is 2.87. The molecule has 0 bridgehead atoms. The molecule has 108 valence electrons. The number of hydrogen-bond acceptors (Lipinski definition) is 4. The average molecular weight is 257 g/mol. The molecule has 0 spiro atoms. The lowest BCUT2D eigenvalue weighted by atomic mass is 9.85. The molecule has 0 radical (unpaired) electrons. The monoisotopic (exact) mass is 257 g/mol. The Morgan fingerprint density at radius 3 is 2.33 bits per heavy atom. The molecule has 2 N–H and O–H groups in total. The van der Waals surface area contributed by atoms with Crippen LogP contribution in [0.2, 0.25) is 0 Å². The Kier molecular flexibility index (Phi) is 5.59. The first kappa shape index (κ1) is 15.9. The first-order valence-corrected chi connectivity index (χ1v) is 6.99. The van der Waals surface area contributed by atoms with Gasteiger partial charge < -0.3 is 15.4 Å². The van der Waals surface area contributed by atoms with Crippen molar-refractivity contribution in [3.05, 3.63) is 0 Å². The summed E-state index contributed by atoms with van der Waals surface area (Å²) in [6, 6.07) is 0.617. The van der Waals surface area contributed by atoms with Gasteiger partial charge in [-0.3, -0.25) is 4.90 Å². The molecule has 1 rings (SSSR count). The fourth-order valence-corrected chi connectivity index (χ4v) is 3.28. The Morgan fingerprint density at radius 1 is 1.39 bits per heavy atom. The second kappa shape index (κ2) is 6.33. The van der Waals surface area contributed by atoms with E-state index in [-0.39, 0.29) is 5.54 Å². The molecule has 0 amide bonds. The van der Waals surface area contributed by atoms with E-state index in [0.29, 0.717) is 31.0 Å². The van der Waals surface area contributed by atoms with Gasteiger partial charge in [0.15, 0.2) is 0 Å². The summed E-state index contributed by atoms with van der Waals surface area (Å²) in [6.07, 6.45) is 0. The van der Waals surface area contributed by atoms with Crippen LogP contribution in [0, 0.1) is 11.8 Å². The van der Waals surface area contributed by atoms with Crippen LogP contribution >= 0.6 is 0 Å². The van der Waals surface area contributed by atoms with Crippen molar-refractivity contribution in [2.24, 2.45) is 17.6 Å². The van der Waals surface area contributed by atoms with Gasteiger partial charge in [0.25, 0.3) is 0 Å². The lowest BCUT2D eigenvalue weighted by molar-refractivity contribution is -0.00640. The number of likely N-dealkylation sites (N-methyl/N-ethyl adjacent to an activating group) is 1. The van der Waals surface area contributed by atoms with Gasteiger partial charge in [0.05, 0.1) is 12.1 Å². The third-order valence-electron chi connectivity index (χ3n) is 4.69. The molecule has 0 aliphatic carbocycles. The van der Waals surface area contributed by atoms with E-state index in [4.69, 9.17) is 10.5 Å². The highest BCUT2D eigenvalue weighted by molar-refractivity contribution is 5.01. The zero-order chi connectivity index (χ0) is 13.9. The first-order chi connectivity index (χ1) is 8.39. The Hall–Kier alpha value is -0.160. The van der Waals surface area contributed by atoms with Crippen molar-refractivity contribution >= 4 is 0 Å². The minimum absolute atomic E-state index is 0.0201. The molecule has 0 aromatic carbocycles. The molecule has 4 heteroatoms. The second-order valence-corrected chi connectivity index (χ2v) is 6.31. The van der Waals surface area contributed by atoms with Crippen molar-refractivity contribution in [3.8, 4) is 0 Å². The summed E-state index contributed by atoms with van der Waals surface area (Å²) in [5.74, 6) is 1.18. The van der Waals surface area contributed by atoms with E-state index in [1.54, 1.807) is 7.11 Å². The standard InChI is InChI=1S/C14H31N3O/c1-11(2)14(9-15,10-18-6)17-7-12(3)13(8-17)16(4)5/h11-13H,7-10,15H2,1-6H3. The van der Waals surface area contributed by atoms with Crippen molar-refractivity contribution < 1.29 is 4.74 Å². The predicted molar refractivity (Wildman–Crippen MR) is 76.7 cm³/mol. The summed E-state index contributed by atoms with van der Waals surface area (Å²) in [6.45, 7) is 10.4. The molecule has 0 aromatic heterocycles. The van der Waals surface area contributed by atoms with E-state index in [9.17, 15) is 0 Å². The molecule has 1 heterocycles. The predicted octanol–water partition coefficient (Wildman–Crippen LogP) is 0.868. The van der Waals surface area contributed by atoms with Crippen LogP contribution in [0.25, 0.3) is 0 Å². The SMILES string of the molecule is COCC(CN)(C(C)C)N1CC(C)C(N(C)C)C1. The molecule has 0 aromatic rings. The molecular formula is C14H31N3O. The van der Waals surface area contributed by atoms with Crippen LogP contribution < -0.4 is 5.73 Å². The Balaban J connectivity index is 2.88. The van der Waals surface area contributed by atoms with Gasteiger partial charge in [0.1, 0.15) is 0 Å². The fourth-order valence-electron chi connectivity index (χ4n) is 3.28. The van der Waals surface area contributed by atoms with Crippen molar-refractivity contribution in [2.45, 2.75) is 32.4 Å². The lowest BCUT2D eigenvalue weighted by Crippen LogP contribution is -2.60. The quantitative estimate of drug-likeness (QED) is 0.766. The lowest BCUT2D eigenvalue weighted by Gasteiger charge is -2.44. The maximum atomic E-state index is 6.11. The van der Waals surface area contributed by atoms with E-state index >= 15 is 0 Å². The Morgan fingerprint density at radius 2 is 2.00 bits per heavy atom. The minimum Gasteiger partial charge on any atom is -0.383 e. The van der Waals surface area contributed by atoms with Gasteiger partial charge >= 0.3 is 0 Å². The molecule has 1 aliphatic rings. The van der Waals surface area contributed by atoms with E-state index in [1.807, 2.05) is 0 Å². The number of nitrogens with zero attached hydrogens (tertiary/aromatic N) is 2. The van der Waals surface area contributed by atoms with Crippen LogP contribution in [0.3, 0.4) is 0 Å². The van der Waals surface area contributed by atoms with Crippen molar-refractivity contribution in [1.29, 1.82) is 0 Å². The molecule has 1 fully saturated rings. The van der Waals surface area contributed by atoms with Gasteiger partial charge in [-0.2, -0.15) is 0 Å². The third-order valence-corrected chi connectivity index (χ3v) is 4.69. The molecular weight excluding hydrogens is 226 g/mol. The second-order valence-electron chi connectivity index (χ2n) is 6.31. The summed E-state index contributed by atoms with van der Waals surface area (Å²) in [5.41, 5.74) is 6.09. The number of ether oxygens (including phenoxy) is 1. The van der Waals surface area contributed by atoms with Crippen molar-refractivity contribution in [1.82, 2.24) is 9.80 Å². The number of nitrogens with two attached hydrogens (primary N) is 1. The summed E-state index contributed by atoms with van der Waals surface area (Å²) in [4.78, 5) is 4.88. The number of methoxy groups -OCH3 is 1. The summed E-state index contributed by atoms with van der Waals surface area (Å²) in [5, 5.41) is 0. The topological polar surface area (TPSA) is 41.7 Å². The van der Waals surface area contributed by atoms with Gasteiger partial charge in [-0.1, -0.05) is 20.8 Å². The zero-order valence-corrected chi connectivity index (χ0v) is 12.9. The van der Waals surface area contributed by atoms with Gasteiger partial charge in [0, 0.05) is 32.8 Å². The Bertz CT molecular complexity index is 257. The Labute approximate surface area is 112 Å². The highest BCUT2D eigenvalue weighted by atomic mass is 16.5. The van der Waals surface area contributed by atoms with Crippen LogP contribution in [0.15, 0.2) is 0 Å². The molecule has 18 heavy (non-hydrogen) atoms. The summed E-state index contributed by atoms with van der Waals surface area (Å²) < 4.78 is 5.47. The molecule has 3 atom stereocenters. The van der Waals surface area contributed by atoms with Crippen LogP contribution in [-0.2, 0) is 4.74 Å². The molecule has 1 aliphatic heterocycles. The van der Waals surface area contributed by atoms with Crippen LogP contribution in [-0.4, -0.2) is 68.8 Å². The summed E-state index contributed by atoms with van der Waals surface area (Å²) >= 11 is 0. The highest BCUT2D eigenvalue weighted by Gasteiger charge is 2.44. The van der Waals surface area contributed by atoms with Gasteiger partial charge in [0.2, 0.25) is 0 Å². The van der Waals surface area contributed by atoms with Crippen molar-refractivity contribution in [2.75, 3.05) is 47.4 Å². The first-order valence-electron chi connectivity index (χ1n) is 6.99. The maximum Gasteiger partial charge on any atom is 0.0661 e. The smallest absolute Gasteiger partial charge is 0.0661 e. The number of hydrogen-bond donors (Lipinski definition) is 1. The van der Waals surface area contributed by atoms with Gasteiger partial charge in [-0.25, -0.2) is 0 Å². The summed E-state index contributed by atoms with van der Waals surface area (Å²) in [7, 11) is 6.11. The zero-order valence-electron chi connectivity index (χ0n) is 12.9. The normalized spacial score (nSPS) is 29.2.